The van der Waals surface area contributed by atoms with Crippen molar-refractivity contribution in [3.8, 4) is 0 Å². The van der Waals surface area contributed by atoms with Gasteiger partial charge in [-0.15, -0.1) is 0 Å². The minimum atomic E-state index is -3.30. The second-order valence-electron chi connectivity index (χ2n) is 5.68. The molecule has 1 heterocycles. The third-order valence-electron chi connectivity index (χ3n) is 4.22. The van der Waals surface area contributed by atoms with E-state index >= 15 is 0 Å². The van der Waals surface area contributed by atoms with Crippen LogP contribution in [0.5, 0.6) is 0 Å². The zero-order valence-electron chi connectivity index (χ0n) is 11.7. The molecule has 0 bridgehead atoms. The molecule has 4 nitrogen and oxygen atoms in total. The fraction of sp³-hybridized carbons (Fsp3) is 0.600. The van der Waals surface area contributed by atoms with Gasteiger partial charge in [0, 0.05) is 12.8 Å². The lowest BCUT2D eigenvalue weighted by atomic mass is 9.94. The predicted molar refractivity (Wildman–Crippen MR) is 75.3 cm³/mol. The Bertz CT molecular complexity index is 570. The monoisotopic (exact) mass is 296 g/mol. The molecule has 110 valence electrons. The molecule has 2 aliphatic rings. The molecule has 2 fully saturated rings. The Balaban J connectivity index is 1.85. The highest BCUT2D eigenvalue weighted by Crippen LogP contribution is 2.39. The maximum atomic E-state index is 12.7. The molecule has 3 rings (SSSR count). The van der Waals surface area contributed by atoms with Gasteiger partial charge in [-0.1, -0.05) is 17.7 Å². The average Bonchev–Trinajstić information content (AvgIpc) is 2.87. The summed E-state index contributed by atoms with van der Waals surface area (Å²) < 4.78 is 36.8. The quantitative estimate of drug-likeness (QED) is 0.841. The van der Waals surface area contributed by atoms with E-state index in [1.165, 1.54) is 0 Å². The first-order valence-corrected chi connectivity index (χ1v) is 8.65. The van der Waals surface area contributed by atoms with Gasteiger partial charge < -0.3 is 9.47 Å². The number of sulfone groups is 1. The molecule has 1 spiro atoms. The summed E-state index contributed by atoms with van der Waals surface area (Å²) in [6.45, 7) is 3.08. The van der Waals surface area contributed by atoms with Crippen LogP contribution in [-0.4, -0.2) is 32.7 Å². The molecule has 1 aliphatic carbocycles. The van der Waals surface area contributed by atoms with Crippen LogP contribution in [0.15, 0.2) is 29.2 Å². The Morgan fingerprint density at radius 1 is 1.15 bits per heavy atom. The zero-order chi connectivity index (χ0) is 14.2. The molecule has 1 aromatic carbocycles. The van der Waals surface area contributed by atoms with Crippen molar-refractivity contribution in [1.29, 1.82) is 0 Å². The minimum Gasteiger partial charge on any atom is -0.347 e. The molecular formula is C15H20O4S. The number of rotatable bonds is 2. The Labute approximate surface area is 120 Å². The number of benzene rings is 1. The van der Waals surface area contributed by atoms with Gasteiger partial charge in [-0.25, -0.2) is 8.42 Å². The first-order valence-electron chi connectivity index (χ1n) is 7.10. The third-order valence-corrected chi connectivity index (χ3v) is 6.43. The predicted octanol–water partition coefficient (Wildman–Crippen LogP) is 2.45. The van der Waals surface area contributed by atoms with Crippen LogP contribution in [0.3, 0.4) is 0 Å². The van der Waals surface area contributed by atoms with E-state index in [4.69, 9.17) is 9.47 Å². The minimum absolute atomic E-state index is 0.406. The summed E-state index contributed by atoms with van der Waals surface area (Å²) in [4.78, 5) is 0.406. The van der Waals surface area contributed by atoms with Crippen molar-refractivity contribution >= 4 is 9.84 Å². The van der Waals surface area contributed by atoms with E-state index in [0.717, 1.165) is 18.4 Å². The number of ether oxygens (including phenoxy) is 2. The van der Waals surface area contributed by atoms with Gasteiger partial charge in [0.1, 0.15) is 0 Å². The fourth-order valence-corrected chi connectivity index (χ4v) is 4.95. The molecule has 0 N–H and O–H groups in total. The Morgan fingerprint density at radius 3 is 2.45 bits per heavy atom. The SMILES string of the molecule is Cc1ccc(S(=O)(=O)C2CCCC3(C2)OCCO3)cc1. The maximum Gasteiger partial charge on any atom is 0.181 e. The normalized spacial score (nSPS) is 25.9. The van der Waals surface area contributed by atoms with Crippen LogP contribution in [-0.2, 0) is 19.3 Å². The van der Waals surface area contributed by atoms with Crippen LogP contribution in [0, 0.1) is 6.92 Å². The lowest BCUT2D eigenvalue weighted by Gasteiger charge is -2.35. The van der Waals surface area contributed by atoms with Crippen molar-refractivity contribution in [1.82, 2.24) is 0 Å². The molecule has 0 aromatic heterocycles. The van der Waals surface area contributed by atoms with Crippen molar-refractivity contribution in [2.75, 3.05) is 13.2 Å². The highest BCUT2D eigenvalue weighted by molar-refractivity contribution is 7.92. The van der Waals surface area contributed by atoms with Crippen LogP contribution in [0.2, 0.25) is 0 Å². The standard InChI is InChI=1S/C15H20O4S/c1-12-4-6-13(7-5-12)20(16,17)14-3-2-8-15(11-14)18-9-10-19-15/h4-7,14H,2-3,8-11H2,1H3. The van der Waals surface area contributed by atoms with E-state index in [-0.39, 0.29) is 0 Å². The van der Waals surface area contributed by atoms with Crippen LogP contribution in [0.25, 0.3) is 0 Å². The molecule has 20 heavy (non-hydrogen) atoms. The van der Waals surface area contributed by atoms with Crippen molar-refractivity contribution in [3.63, 3.8) is 0 Å². The largest absolute Gasteiger partial charge is 0.347 e. The Kier molecular flexibility index (Phi) is 3.60. The summed E-state index contributed by atoms with van der Waals surface area (Å²) >= 11 is 0. The van der Waals surface area contributed by atoms with Gasteiger partial charge >= 0.3 is 0 Å². The van der Waals surface area contributed by atoms with Crippen LogP contribution >= 0.6 is 0 Å². The Morgan fingerprint density at radius 2 is 1.80 bits per heavy atom. The number of aryl methyl sites for hydroxylation is 1. The molecule has 1 atom stereocenters. The smallest absolute Gasteiger partial charge is 0.181 e. The number of hydrogen-bond donors (Lipinski definition) is 0. The topological polar surface area (TPSA) is 52.6 Å². The summed E-state index contributed by atoms with van der Waals surface area (Å²) in [5, 5.41) is -0.406. The van der Waals surface area contributed by atoms with Gasteiger partial charge in [0.25, 0.3) is 0 Å². The maximum absolute atomic E-state index is 12.7. The van der Waals surface area contributed by atoms with Crippen LogP contribution < -0.4 is 0 Å². The van der Waals surface area contributed by atoms with E-state index in [1.54, 1.807) is 12.1 Å². The van der Waals surface area contributed by atoms with Gasteiger partial charge in [-0.3, -0.25) is 0 Å². The molecule has 1 saturated heterocycles. The average molecular weight is 296 g/mol. The van der Waals surface area contributed by atoms with Crippen molar-refractivity contribution in [3.05, 3.63) is 29.8 Å². The van der Waals surface area contributed by atoms with Crippen LogP contribution in [0.4, 0.5) is 0 Å². The summed E-state index contributed by atoms with van der Waals surface area (Å²) in [7, 11) is -3.30. The van der Waals surface area contributed by atoms with Crippen molar-refractivity contribution in [2.45, 2.75) is 48.5 Å². The molecule has 0 amide bonds. The summed E-state index contributed by atoms with van der Waals surface area (Å²) in [5.74, 6) is -0.652. The summed E-state index contributed by atoms with van der Waals surface area (Å²) in [6, 6.07) is 7.08. The van der Waals surface area contributed by atoms with Crippen molar-refractivity contribution < 1.29 is 17.9 Å². The van der Waals surface area contributed by atoms with Gasteiger partial charge in [0.2, 0.25) is 0 Å². The van der Waals surface area contributed by atoms with E-state index < -0.39 is 20.9 Å². The molecule has 0 radical (unpaired) electrons. The second kappa shape index (κ2) is 5.13. The van der Waals surface area contributed by atoms with Crippen molar-refractivity contribution in [2.24, 2.45) is 0 Å². The fourth-order valence-electron chi connectivity index (χ4n) is 3.09. The van der Waals surface area contributed by atoms with E-state index in [1.807, 2.05) is 19.1 Å². The zero-order valence-corrected chi connectivity index (χ0v) is 12.5. The summed E-state index contributed by atoms with van der Waals surface area (Å²) in [6.07, 6.45) is 2.76. The highest BCUT2D eigenvalue weighted by atomic mass is 32.2. The molecule has 1 aromatic rings. The number of hydrogen-bond acceptors (Lipinski definition) is 4. The lowest BCUT2D eigenvalue weighted by Crippen LogP contribution is -2.41. The second-order valence-corrected chi connectivity index (χ2v) is 7.91. The lowest BCUT2D eigenvalue weighted by molar-refractivity contribution is -0.175. The van der Waals surface area contributed by atoms with Gasteiger partial charge in [-0.2, -0.15) is 0 Å². The first kappa shape index (κ1) is 14.0. The third kappa shape index (κ3) is 2.50. The van der Waals surface area contributed by atoms with E-state index in [2.05, 4.69) is 0 Å². The first-order chi connectivity index (χ1) is 9.52. The van der Waals surface area contributed by atoms with Gasteiger partial charge in [0.15, 0.2) is 15.6 Å². The van der Waals surface area contributed by atoms with Gasteiger partial charge in [-0.05, 0) is 31.9 Å². The van der Waals surface area contributed by atoms with Crippen LogP contribution in [0.1, 0.15) is 31.2 Å². The van der Waals surface area contributed by atoms with E-state index in [0.29, 0.717) is 31.0 Å². The Hall–Kier alpha value is -0.910. The molecule has 1 saturated carbocycles. The molecular weight excluding hydrogens is 276 g/mol. The van der Waals surface area contributed by atoms with E-state index in [9.17, 15) is 8.42 Å². The molecule has 1 unspecified atom stereocenters. The molecule has 5 heteroatoms. The summed E-state index contributed by atoms with van der Waals surface area (Å²) in [5.41, 5.74) is 1.06. The van der Waals surface area contributed by atoms with Gasteiger partial charge in [0.05, 0.1) is 23.4 Å². The molecule has 1 aliphatic heterocycles. The highest BCUT2D eigenvalue weighted by Gasteiger charge is 2.45.